The minimum atomic E-state index is -1.22. The number of aromatic carboxylic acids is 1. The van der Waals surface area contributed by atoms with Gasteiger partial charge in [0.2, 0.25) is 0 Å². The number of halogens is 1. The zero-order valence-corrected chi connectivity index (χ0v) is 26.3. The van der Waals surface area contributed by atoms with Crippen molar-refractivity contribution in [2.45, 2.75) is 30.8 Å². The van der Waals surface area contributed by atoms with Crippen LogP contribution in [0.1, 0.15) is 34.2 Å². The molecule has 0 fully saturated rings. The number of carboxylic acid groups (broad SMARTS) is 1. The molecular weight excluding hydrogens is 671 g/mol. The smallest absolute Gasteiger partial charge is 0.340 e. The average Bonchev–Trinajstić information content (AvgIpc) is 3.38. The molecule has 4 aromatic rings. The number of carboxylic acids is 1. The minimum Gasteiger partial charge on any atom is -0.493 e. The van der Waals surface area contributed by atoms with Crippen molar-refractivity contribution >= 4 is 58.1 Å². The summed E-state index contributed by atoms with van der Waals surface area (Å²) < 4.78 is 13.5. The monoisotopic (exact) mass is 700 g/mol. The summed E-state index contributed by atoms with van der Waals surface area (Å²) in [5, 5.41) is 25.9. The number of hydrazone groups is 1. The Morgan fingerprint density at radius 2 is 1.88 bits per heavy atom. The number of aryl methyl sites for hydroxylation is 1. The number of thioether (sulfide) groups is 1. The Morgan fingerprint density at radius 1 is 1.12 bits per heavy atom. The Balaban J connectivity index is 1.50. The second kappa shape index (κ2) is 14.2. The van der Waals surface area contributed by atoms with Gasteiger partial charge in [-0.25, -0.2) is 10.2 Å². The van der Waals surface area contributed by atoms with E-state index in [4.69, 9.17) is 9.47 Å². The number of para-hydroxylation sites is 1. The summed E-state index contributed by atoms with van der Waals surface area (Å²) in [6.45, 7) is 4.20. The summed E-state index contributed by atoms with van der Waals surface area (Å²) in [5.74, 6) is -0.601. The highest BCUT2D eigenvalue weighted by Gasteiger charge is 2.22. The van der Waals surface area contributed by atoms with Crippen LogP contribution < -0.4 is 20.2 Å². The number of hydrogen-bond acceptors (Lipinski definition) is 9. The second-order valence-electron chi connectivity index (χ2n) is 8.95. The molecule has 3 aromatic carbocycles. The number of benzene rings is 3. The third kappa shape index (κ3) is 7.20. The molecule has 1 atom stereocenters. The quantitative estimate of drug-likeness (QED) is 0.0794. The lowest BCUT2D eigenvalue weighted by Crippen LogP contribution is -2.27. The maximum Gasteiger partial charge on any atom is 0.340 e. The largest absolute Gasteiger partial charge is 0.493 e. The number of carbonyl (C=O) groups excluding carboxylic acids is 1. The SMILES string of the molecule is COc1ccc(/C=N\NC(=O)[C@H](C)Sc2nnc(CNc3ccc(I)cc3C)n2-c2ccccc2)c(C(=O)O)c1OC. The third-order valence-electron chi connectivity index (χ3n) is 6.16. The molecule has 0 spiro atoms. The zero-order chi connectivity index (χ0) is 30.2. The molecule has 0 bridgehead atoms. The Morgan fingerprint density at radius 3 is 2.55 bits per heavy atom. The normalized spacial score (nSPS) is 11.7. The van der Waals surface area contributed by atoms with Crippen LogP contribution in [0.4, 0.5) is 5.69 Å². The first kappa shape index (κ1) is 30.8. The van der Waals surface area contributed by atoms with Crippen molar-refractivity contribution in [3.63, 3.8) is 0 Å². The number of anilines is 1. The Bertz CT molecular complexity index is 1610. The number of methoxy groups -OCH3 is 2. The van der Waals surface area contributed by atoms with Crippen LogP contribution in [0.3, 0.4) is 0 Å². The van der Waals surface area contributed by atoms with Gasteiger partial charge in [0.15, 0.2) is 22.5 Å². The van der Waals surface area contributed by atoms with E-state index in [9.17, 15) is 14.7 Å². The van der Waals surface area contributed by atoms with E-state index in [-0.39, 0.29) is 22.6 Å². The molecule has 1 amide bonds. The molecule has 11 nitrogen and oxygen atoms in total. The van der Waals surface area contributed by atoms with Gasteiger partial charge in [-0.15, -0.1) is 10.2 Å². The van der Waals surface area contributed by atoms with E-state index >= 15 is 0 Å². The zero-order valence-electron chi connectivity index (χ0n) is 23.3. The van der Waals surface area contributed by atoms with Crippen LogP contribution in [0, 0.1) is 10.5 Å². The van der Waals surface area contributed by atoms with E-state index in [1.54, 1.807) is 13.0 Å². The van der Waals surface area contributed by atoms with Gasteiger partial charge in [0.1, 0.15) is 5.56 Å². The Labute approximate surface area is 260 Å². The highest BCUT2D eigenvalue weighted by atomic mass is 127. The molecule has 13 heteroatoms. The number of amides is 1. The van der Waals surface area contributed by atoms with Crippen molar-refractivity contribution < 1.29 is 24.2 Å². The van der Waals surface area contributed by atoms with E-state index in [2.05, 4.69) is 54.7 Å². The van der Waals surface area contributed by atoms with E-state index in [0.29, 0.717) is 17.5 Å². The molecule has 0 aliphatic rings. The average molecular weight is 701 g/mol. The van der Waals surface area contributed by atoms with Crippen molar-refractivity contribution in [2.75, 3.05) is 19.5 Å². The fourth-order valence-electron chi connectivity index (χ4n) is 4.07. The molecule has 42 heavy (non-hydrogen) atoms. The summed E-state index contributed by atoms with van der Waals surface area (Å²) in [6.07, 6.45) is 1.25. The molecule has 1 heterocycles. The molecule has 0 unspecified atom stereocenters. The molecule has 3 N–H and O–H groups in total. The Kier molecular flexibility index (Phi) is 10.4. The standard InChI is InChI=1S/C29H29IN6O5S/c1-17-14-20(30)11-12-22(17)31-16-24-33-35-29(36(24)21-8-6-5-7-9-21)42-18(2)27(37)34-32-15-19-10-13-23(40-3)26(41-4)25(19)28(38)39/h5-15,18,31H,16H2,1-4H3,(H,34,37)(H,38,39)/b32-15-/t18-/m0/s1. The Hall–Kier alpha value is -4.11. The van der Waals surface area contributed by atoms with Crippen molar-refractivity contribution in [3.05, 3.63) is 86.7 Å². The van der Waals surface area contributed by atoms with Crippen LogP contribution >= 0.6 is 34.4 Å². The number of nitrogens with one attached hydrogen (secondary N) is 2. The van der Waals surface area contributed by atoms with Crippen LogP contribution in [-0.2, 0) is 11.3 Å². The minimum absolute atomic E-state index is 0.0620. The lowest BCUT2D eigenvalue weighted by atomic mass is 10.1. The first-order valence-corrected chi connectivity index (χ1v) is 14.7. The van der Waals surface area contributed by atoms with Crippen LogP contribution in [0.15, 0.2) is 70.9 Å². The van der Waals surface area contributed by atoms with Gasteiger partial charge in [-0.2, -0.15) is 5.10 Å². The maximum absolute atomic E-state index is 12.9. The van der Waals surface area contributed by atoms with Crippen LogP contribution in [-0.4, -0.2) is 57.4 Å². The predicted molar refractivity (Wildman–Crippen MR) is 170 cm³/mol. The number of rotatable bonds is 12. The number of hydrogen-bond donors (Lipinski definition) is 3. The van der Waals surface area contributed by atoms with Crippen LogP contribution in [0.2, 0.25) is 0 Å². The molecule has 1 aromatic heterocycles. The van der Waals surface area contributed by atoms with Crippen LogP contribution in [0.5, 0.6) is 11.5 Å². The topological polar surface area (TPSA) is 140 Å². The molecule has 218 valence electrons. The van der Waals surface area contributed by atoms with Crippen molar-refractivity contribution in [1.82, 2.24) is 20.2 Å². The molecule has 0 aliphatic heterocycles. The molecule has 0 saturated carbocycles. The molecule has 0 radical (unpaired) electrons. The van der Waals surface area contributed by atoms with Gasteiger partial charge in [-0.05, 0) is 84.5 Å². The second-order valence-corrected chi connectivity index (χ2v) is 11.5. The van der Waals surface area contributed by atoms with E-state index in [1.165, 1.54) is 38.3 Å². The van der Waals surface area contributed by atoms with E-state index in [1.807, 2.05) is 54.0 Å². The summed E-state index contributed by atoms with van der Waals surface area (Å²) >= 11 is 3.51. The summed E-state index contributed by atoms with van der Waals surface area (Å²) in [7, 11) is 2.77. The first-order valence-electron chi connectivity index (χ1n) is 12.7. The van der Waals surface area contributed by atoms with E-state index < -0.39 is 17.1 Å². The lowest BCUT2D eigenvalue weighted by Gasteiger charge is -2.14. The van der Waals surface area contributed by atoms with E-state index in [0.717, 1.165) is 20.5 Å². The number of carbonyl (C=O) groups is 2. The molecule has 0 aliphatic carbocycles. The highest BCUT2D eigenvalue weighted by molar-refractivity contribution is 14.1. The van der Waals surface area contributed by atoms with Gasteiger partial charge in [0.25, 0.3) is 5.91 Å². The third-order valence-corrected chi connectivity index (χ3v) is 7.88. The number of ether oxygens (including phenoxy) is 2. The van der Waals surface area contributed by atoms with Crippen LogP contribution in [0.25, 0.3) is 5.69 Å². The van der Waals surface area contributed by atoms with Gasteiger partial charge in [-0.3, -0.25) is 9.36 Å². The maximum atomic E-state index is 12.9. The van der Waals surface area contributed by atoms with Gasteiger partial charge in [-0.1, -0.05) is 30.0 Å². The first-order chi connectivity index (χ1) is 20.2. The predicted octanol–water partition coefficient (Wildman–Crippen LogP) is 5.14. The van der Waals surface area contributed by atoms with Gasteiger partial charge < -0.3 is 19.9 Å². The van der Waals surface area contributed by atoms with Crippen molar-refractivity contribution in [3.8, 4) is 17.2 Å². The number of aromatic nitrogens is 3. The lowest BCUT2D eigenvalue weighted by molar-refractivity contribution is -0.120. The summed E-state index contributed by atoms with van der Waals surface area (Å²) in [4.78, 5) is 24.8. The van der Waals surface area contributed by atoms with Crippen molar-refractivity contribution in [1.29, 1.82) is 0 Å². The molecular formula is C29H29IN6O5S. The van der Waals surface area contributed by atoms with Gasteiger partial charge in [0, 0.05) is 20.5 Å². The molecule has 4 rings (SSSR count). The van der Waals surface area contributed by atoms with Gasteiger partial charge in [0.05, 0.1) is 32.2 Å². The molecule has 0 saturated heterocycles. The fourth-order valence-corrected chi connectivity index (χ4v) is 5.59. The highest BCUT2D eigenvalue weighted by Crippen LogP contribution is 2.33. The number of nitrogens with zero attached hydrogens (tertiary/aromatic N) is 4. The van der Waals surface area contributed by atoms with Gasteiger partial charge >= 0.3 is 5.97 Å². The fraction of sp³-hybridized carbons (Fsp3) is 0.207. The summed E-state index contributed by atoms with van der Waals surface area (Å²) in [5.41, 5.74) is 5.57. The van der Waals surface area contributed by atoms with Crippen molar-refractivity contribution in [2.24, 2.45) is 5.10 Å². The summed E-state index contributed by atoms with van der Waals surface area (Å²) in [6, 6.07) is 18.9.